The summed E-state index contributed by atoms with van der Waals surface area (Å²) < 4.78 is 40.6. The largest absolute Gasteiger partial charge is 0.573 e. The molecule has 0 aliphatic heterocycles. The highest BCUT2D eigenvalue weighted by atomic mass is 19.4. The second kappa shape index (κ2) is 5.82. The van der Waals surface area contributed by atoms with Crippen molar-refractivity contribution in [2.24, 2.45) is 11.7 Å². The smallest absolute Gasteiger partial charge is 0.406 e. The van der Waals surface area contributed by atoms with Crippen LogP contribution in [0.3, 0.4) is 0 Å². The molecule has 0 saturated heterocycles. The average Bonchev–Trinajstić information content (AvgIpc) is 2.37. The number of hydrogen-bond acceptors (Lipinski definition) is 2. The number of alkyl halides is 3. The first kappa shape index (κ1) is 14.2. The fourth-order valence-electron chi connectivity index (χ4n) is 2.87. The van der Waals surface area contributed by atoms with Gasteiger partial charge in [-0.05, 0) is 48.9 Å². The predicted octanol–water partition coefficient (Wildman–Crippen LogP) is 3.82. The van der Waals surface area contributed by atoms with Crippen LogP contribution in [0.2, 0.25) is 0 Å². The third kappa shape index (κ3) is 3.86. The Morgan fingerprint density at radius 3 is 2.63 bits per heavy atom. The molecule has 19 heavy (non-hydrogen) atoms. The molecule has 1 aliphatic carbocycles. The third-order valence-electron chi connectivity index (χ3n) is 3.73. The number of benzene rings is 1. The summed E-state index contributed by atoms with van der Waals surface area (Å²) in [7, 11) is 0. The summed E-state index contributed by atoms with van der Waals surface area (Å²) in [5.74, 6) is 0.455. The summed E-state index contributed by atoms with van der Waals surface area (Å²) in [6.45, 7) is 0.578. The van der Waals surface area contributed by atoms with Crippen LogP contribution in [-0.4, -0.2) is 12.9 Å². The van der Waals surface area contributed by atoms with E-state index < -0.39 is 6.36 Å². The maximum Gasteiger partial charge on any atom is 0.573 e. The highest BCUT2D eigenvalue weighted by Gasteiger charge is 2.32. The number of hydrogen-bond donors (Lipinski definition) is 1. The van der Waals surface area contributed by atoms with Crippen molar-refractivity contribution < 1.29 is 17.9 Å². The van der Waals surface area contributed by atoms with E-state index in [0.29, 0.717) is 12.5 Å². The van der Waals surface area contributed by atoms with Crippen molar-refractivity contribution in [3.63, 3.8) is 0 Å². The Hall–Kier alpha value is -1.23. The predicted molar refractivity (Wildman–Crippen MR) is 66.9 cm³/mol. The Bertz CT molecular complexity index is 419. The van der Waals surface area contributed by atoms with Gasteiger partial charge in [0.25, 0.3) is 0 Å². The second-order valence-corrected chi connectivity index (χ2v) is 5.01. The van der Waals surface area contributed by atoms with Crippen LogP contribution in [0.25, 0.3) is 0 Å². The molecule has 0 bridgehead atoms. The van der Waals surface area contributed by atoms with E-state index >= 15 is 0 Å². The first-order chi connectivity index (χ1) is 8.99. The SMILES string of the molecule is NCC1CCCCC1c1cccc(OC(F)(F)F)c1. The van der Waals surface area contributed by atoms with Gasteiger partial charge < -0.3 is 10.5 Å². The number of halogens is 3. The fourth-order valence-corrected chi connectivity index (χ4v) is 2.87. The third-order valence-corrected chi connectivity index (χ3v) is 3.73. The van der Waals surface area contributed by atoms with E-state index in [-0.39, 0.29) is 11.7 Å². The van der Waals surface area contributed by atoms with E-state index in [1.54, 1.807) is 6.07 Å². The zero-order valence-electron chi connectivity index (χ0n) is 10.6. The van der Waals surface area contributed by atoms with Gasteiger partial charge in [-0.2, -0.15) is 0 Å². The minimum atomic E-state index is -4.64. The van der Waals surface area contributed by atoms with E-state index in [1.807, 2.05) is 6.07 Å². The van der Waals surface area contributed by atoms with Crippen molar-refractivity contribution in [3.8, 4) is 5.75 Å². The van der Waals surface area contributed by atoms with Crippen molar-refractivity contribution in [1.29, 1.82) is 0 Å². The minimum Gasteiger partial charge on any atom is -0.406 e. The van der Waals surface area contributed by atoms with Crippen LogP contribution >= 0.6 is 0 Å². The van der Waals surface area contributed by atoms with Crippen molar-refractivity contribution in [2.75, 3.05) is 6.54 Å². The van der Waals surface area contributed by atoms with Gasteiger partial charge in [0.15, 0.2) is 0 Å². The van der Waals surface area contributed by atoms with Crippen LogP contribution in [0.5, 0.6) is 5.75 Å². The lowest BCUT2D eigenvalue weighted by atomic mass is 9.75. The first-order valence-electron chi connectivity index (χ1n) is 6.55. The summed E-state index contributed by atoms with van der Waals surface area (Å²) in [5, 5.41) is 0. The molecule has 1 aliphatic rings. The molecule has 2 rings (SSSR count). The zero-order chi connectivity index (χ0) is 13.9. The molecule has 2 atom stereocenters. The summed E-state index contributed by atoms with van der Waals surface area (Å²) in [6, 6.07) is 6.30. The first-order valence-corrected chi connectivity index (χ1v) is 6.55. The Kier molecular flexibility index (Phi) is 4.34. The number of ether oxygens (including phenoxy) is 1. The normalized spacial score (nSPS) is 24.2. The maximum atomic E-state index is 12.2. The van der Waals surface area contributed by atoms with Gasteiger partial charge in [-0.15, -0.1) is 13.2 Å². The molecule has 0 aromatic heterocycles. The van der Waals surface area contributed by atoms with Gasteiger partial charge >= 0.3 is 6.36 Å². The molecule has 1 aromatic carbocycles. The van der Waals surface area contributed by atoms with Crippen molar-refractivity contribution in [3.05, 3.63) is 29.8 Å². The van der Waals surface area contributed by atoms with E-state index in [2.05, 4.69) is 4.74 Å². The lowest BCUT2D eigenvalue weighted by Gasteiger charge is -2.31. The Morgan fingerprint density at radius 1 is 1.21 bits per heavy atom. The molecule has 1 fully saturated rings. The molecule has 5 heteroatoms. The van der Waals surface area contributed by atoms with Gasteiger partial charge in [0.05, 0.1) is 0 Å². The zero-order valence-corrected chi connectivity index (χ0v) is 10.6. The summed E-state index contributed by atoms with van der Waals surface area (Å²) in [5.41, 5.74) is 6.66. The van der Waals surface area contributed by atoms with Crippen molar-refractivity contribution in [2.45, 2.75) is 38.0 Å². The minimum absolute atomic E-state index is 0.147. The molecule has 1 saturated carbocycles. The van der Waals surface area contributed by atoms with Crippen LogP contribution < -0.4 is 10.5 Å². The van der Waals surface area contributed by atoms with Gasteiger partial charge in [-0.1, -0.05) is 25.0 Å². The van der Waals surface area contributed by atoms with Gasteiger partial charge in [0, 0.05) is 0 Å². The van der Waals surface area contributed by atoms with Crippen molar-refractivity contribution in [1.82, 2.24) is 0 Å². The molecule has 0 radical (unpaired) electrons. The van der Waals surface area contributed by atoms with E-state index in [4.69, 9.17) is 5.73 Å². The fraction of sp³-hybridized carbons (Fsp3) is 0.571. The second-order valence-electron chi connectivity index (χ2n) is 5.01. The van der Waals surface area contributed by atoms with Gasteiger partial charge in [0.2, 0.25) is 0 Å². The van der Waals surface area contributed by atoms with Crippen LogP contribution in [0.4, 0.5) is 13.2 Å². The van der Waals surface area contributed by atoms with Crippen LogP contribution in [0.1, 0.15) is 37.2 Å². The Labute approximate surface area is 110 Å². The van der Waals surface area contributed by atoms with E-state index in [9.17, 15) is 13.2 Å². The standard InChI is InChI=1S/C14H18F3NO/c15-14(16,17)19-12-6-3-5-10(8-12)13-7-2-1-4-11(13)9-18/h3,5-6,8,11,13H,1-2,4,7,9,18H2. The van der Waals surface area contributed by atoms with Crippen molar-refractivity contribution >= 4 is 0 Å². The molecule has 0 amide bonds. The molecule has 0 spiro atoms. The molecule has 2 unspecified atom stereocenters. The summed E-state index contributed by atoms with van der Waals surface area (Å²) in [6.07, 6.45) is -0.357. The van der Waals surface area contributed by atoms with Gasteiger partial charge in [-0.3, -0.25) is 0 Å². The highest BCUT2D eigenvalue weighted by Crippen LogP contribution is 2.38. The number of nitrogens with two attached hydrogens (primary N) is 1. The van der Waals surface area contributed by atoms with E-state index in [1.165, 1.54) is 12.1 Å². The maximum absolute atomic E-state index is 12.2. The highest BCUT2D eigenvalue weighted by molar-refractivity contribution is 5.31. The monoisotopic (exact) mass is 273 g/mol. The molecular weight excluding hydrogens is 255 g/mol. The lowest BCUT2D eigenvalue weighted by Crippen LogP contribution is -2.25. The molecule has 0 heterocycles. The average molecular weight is 273 g/mol. The van der Waals surface area contributed by atoms with E-state index in [0.717, 1.165) is 31.2 Å². The molecule has 1 aromatic rings. The van der Waals surface area contributed by atoms with Crippen LogP contribution in [-0.2, 0) is 0 Å². The van der Waals surface area contributed by atoms with Crippen LogP contribution in [0.15, 0.2) is 24.3 Å². The number of rotatable bonds is 3. The van der Waals surface area contributed by atoms with Gasteiger partial charge in [-0.25, -0.2) is 0 Å². The quantitative estimate of drug-likeness (QED) is 0.908. The summed E-state index contributed by atoms with van der Waals surface area (Å²) in [4.78, 5) is 0. The topological polar surface area (TPSA) is 35.2 Å². The molecule has 106 valence electrons. The molecular formula is C14H18F3NO. The Balaban J connectivity index is 2.17. The Morgan fingerprint density at radius 2 is 1.95 bits per heavy atom. The summed E-state index contributed by atoms with van der Waals surface area (Å²) >= 11 is 0. The molecule has 2 nitrogen and oxygen atoms in total. The lowest BCUT2D eigenvalue weighted by molar-refractivity contribution is -0.274. The molecule has 2 N–H and O–H groups in total. The van der Waals surface area contributed by atoms with Gasteiger partial charge in [0.1, 0.15) is 5.75 Å². The van der Waals surface area contributed by atoms with Crippen LogP contribution in [0, 0.1) is 5.92 Å².